The molecule has 0 atom stereocenters. The molecule has 0 aromatic heterocycles. The third-order valence-electron chi connectivity index (χ3n) is 2.58. The molecule has 2 N–H and O–H groups in total. The Morgan fingerprint density at radius 1 is 0.500 bits per heavy atom. The molecule has 0 bridgehead atoms. The summed E-state index contributed by atoms with van der Waals surface area (Å²) in [5.74, 6) is -53.3. The number of aliphatic carboxylic acids is 1. The van der Waals surface area contributed by atoms with Crippen LogP contribution in [0.5, 0.6) is 0 Å². The second kappa shape index (κ2) is 6.22. The molecular weight excluding hydrogens is 427 g/mol. The van der Waals surface area contributed by atoms with E-state index < -0.39 is 47.7 Å². The Bertz CT molecular complexity index is 536. The van der Waals surface area contributed by atoms with Gasteiger partial charge in [-0.05, 0) is 0 Å². The van der Waals surface area contributed by atoms with Crippen molar-refractivity contribution in [1.82, 2.24) is 0 Å². The molecule has 0 saturated heterocycles. The van der Waals surface area contributed by atoms with E-state index in [-0.39, 0.29) is 6.15 Å². The molecule has 26 heavy (non-hydrogen) atoms. The van der Waals surface area contributed by atoms with E-state index in [1.54, 1.807) is 0 Å². The highest BCUT2D eigenvalue weighted by molar-refractivity contribution is 5.75. The summed E-state index contributed by atoms with van der Waals surface area (Å²) in [5.41, 5.74) is 0. The van der Waals surface area contributed by atoms with Crippen LogP contribution in [0.2, 0.25) is 0 Å². The van der Waals surface area contributed by atoms with Crippen molar-refractivity contribution >= 4 is 5.97 Å². The van der Waals surface area contributed by atoms with Crippen LogP contribution in [0.1, 0.15) is 0 Å². The first-order valence-electron chi connectivity index (χ1n) is 4.99. The number of alkyl halides is 15. The van der Waals surface area contributed by atoms with Crippen LogP contribution < -0.4 is 11.3 Å². The summed E-state index contributed by atoms with van der Waals surface area (Å²) in [7, 11) is 0. The monoisotopic (exact) mass is 429 g/mol. The molecule has 0 fully saturated rings. The van der Waals surface area contributed by atoms with Crippen LogP contribution in [0, 0.1) is 0 Å². The van der Waals surface area contributed by atoms with E-state index in [1.807, 2.05) is 0 Å². The zero-order valence-corrected chi connectivity index (χ0v) is 11.1. The summed E-state index contributed by atoms with van der Waals surface area (Å²) < 4.78 is 186. The molecule has 0 aliphatic carbocycles. The lowest BCUT2D eigenvalue weighted by Crippen LogP contribution is -2.74. The van der Waals surface area contributed by atoms with Gasteiger partial charge in [-0.1, -0.05) is 0 Å². The highest BCUT2D eigenvalue weighted by Gasteiger charge is 2.93. The Morgan fingerprint density at radius 3 is 0.962 bits per heavy atom. The quantitative estimate of drug-likeness (QED) is 0.602. The third-order valence-corrected chi connectivity index (χ3v) is 2.58. The number of hydrogen-bond acceptors (Lipinski definition) is 2. The number of carboxylic acids is 1. The molecule has 0 spiro atoms. The van der Waals surface area contributed by atoms with Crippen LogP contribution in [0.3, 0.4) is 0 Å². The van der Waals surface area contributed by atoms with Gasteiger partial charge in [-0.15, -0.1) is 0 Å². The number of carbonyl (C=O) groups excluding carboxylic acids is 1. The van der Waals surface area contributed by atoms with E-state index in [4.69, 9.17) is 0 Å². The lowest BCUT2D eigenvalue weighted by Gasteiger charge is -2.41. The number of nitrogens with two attached hydrogens (primary N) is 1. The molecule has 0 saturated carbocycles. The first-order chi connectivity index (χ1) is 10.4. The second-order valence-corrected chi connectivity index (χ2v) is 4.23. The maximum atomic E-state index is 12.8. The second-order valence-electron chi connectivity index (χ2n) is 4.23. The zero-order valence-electron chi connectivity index (χ0n) is 11.1. The van der Waals surface area contributed by atoms with Gasteiger partial charge in [0.25, 0.3) is 0 Å². The van der Waals surface area contributed by atoms with Crippen molar-refractivity contribution in [2.75, 3.05) is 0 Å². The maximum Gasteiger partial charge on any atom is 0.460 e. The summed E-state index contributed by atoms with van der Waals surface area (Å²) in [4.78, 5) is 9.61. The largest absolute Gasteiger partial charge is 0.544 e. The van der Waals surface area contributed by atoms with Gasteiger partial charge in [0.1, 0.15) is 5.97 Å². The SMILES string of the molecule is O=C([O-])C(F)(F)C(F)(F)C(F)(F)C(F)(F)C(F)(F)C(F)(F)C(F)(F)F.[NH2+]. The number of hydrogen-bond donors (Lipinski definition) is 0. The average molecular weight is 429 g/mol. The van der Waals surface area contributed by atoms with Gasteiger partial charge < -0.3 is 9.90 Å². The minimum absolute atomic E-state index is 0. The summed E-state index contributed by atoms with van der Waals surface area (Å²) >= 11 is 0. The van der Waals surface area contributed by atoms with Gasteiger partial charge in [0.05, 0.1) is 0 Å². The highest BCUT2D eigenvalue weighted by Crippen LogP contribution is 2.62. The lowest BCUT2D eigenvalue weighted by atomic mass is 9.91. The summed E-state index contributed by atoms with van der Waals surface area (Å²) in [6.07, 6.45) is -7.71. The van der Waals surface area contributed by atoms with Gasteiger partial charge in [-0.25, -0.2) is 0 Å². The maximum absolute atomic E-state index is 12.8. The number of carboxylic acid groups (broad SMARTS) is 1. The smallest absolute Gasteiger partial charge is 0.460 e. The molecule has 18 heteroatoms. The van der Waals surface area contributed by atoms with E-state index in [0.717, 1.165) is 0 Å². The van der Waals surface area contributed by atoms with Crippen molar-refractivity contribution in [3.8, 4) is 0 Å². The first-order valence-corrected chi connectivity index (χ1v) is 4.99. The summed E-state index contributed by atoms with van der Waals surface area (Å²) in [6, 6.07) is 0. The number of carbonyl (C=O) groups is 1. The van der Waals surface area contributed by atoms with Crippen LogP contribution in [0.15, 0.2) is 0 Å². The van der Waals surface area contributed by atoms with E-state index in [1.165, 1.54) is 0 Å². The van der Waals surface area contributed by atoms with E-state index >= 15 is 0 Å². The fraction of sp³-hybridized carbons (Fsp3) is 0.875. The van der Waals surface area contributed by atoms with Crippen LogP contribution in [-0.2, 0) is 4.79 Å². The highest BCUT2D eigenvalue weighted by atomic mass is 19.4. The van der Waals surface area contributed by atoms with Crippen LogP contribution in [0.4, 0.5) is 65.9 Å². The van der Waals surface area contributed by atoms with Gasteiger partial charge >= 0.3 is 41.7 Å². The van der Waals surface area contributed by atoms with Crippen molar-refractivity contribution in [2.24, 2.45) is 0 Å². The third kappa shape index (κ3) is 3.00. The predicted octanol–water partition coefficient (Wildman–Crippen LogP) is 1.59. The van der Waals surface area contributed by atoms with Gasteiger partial charge in [0, 0.05) is 6.15 Å². The van der Waals surface area contributed by atoms with Crippen LogP contribution >= 0.6 is 0 Å². The molecule has 0 unspecified atom stereocenters. The Morgan fingerprint density at radius 2 is 0.731 bits per heavy atom. The molecule has 0 aromatic carbocycles. The van der Waals surface area contributed by atoms with Crippen molar-refractivity contribution in [3.63, 3.8) is 0 Å². The van der Waals surface area contributed by atoms with Gasteiger partial charge in [0.2, 0.25) is 0 Å². The topological polar surface area (TPSA) is 73.6 Å². The Kier molecular flexibility index (Phi) is 6.37. The fourth-order valence-corrected chi connectivity index (χ4v) is 1.09. The van der Waals surface area contributed by atoms with Crippen LogP contribution in [0.25, 0.3) is 0 Å². The van der Waals surface area contributed by atoms with Crippen molar-refractivity contribution in [2.45, 2.75) is 41.7 Å². The molecule has 0 aromatic rings. The van der Waals surface area contributed by atoms with E-state index in [2.05, 4.69) is 0 Å². The molecule has 2 radical (unpaired) electrons. The summed E-state index contributed by atoms with van der Waals surface area (Å²) in [6.45, 7) is 0. The molecular formula is C8H2F15NO2. The minimum atomic E-state index is -8.50. The zero-order chi connectivity index (χ0) is 21.1. The Labute approximate surface area is 131 Å². The fourth-order valence-electron chi connectivity index (χ4n) is 1.09. The van der Waals surface area contributed by atoms with E-state index in [9.17, 15) is 75.8 Å². The molecule has 0 amide bonds. The molecule has 0 aliphatic heterocycles. The molecule has 0 heterocycles. The molecule has 0 aliphatic rings. The van der Waals surface area contributed by atoms with Crippen molar-refractivity contribution in [3.05, 3.63) is 0 Å². The molecule has 0 rings (SSSR count). The minimum Gasteiger partial charge on any atom is -0.544 e. The molecule has 156 valence electrons. The standard InChI is InChI=1S/C8HF15O2.H2N/c9-2(10,1(24)25)3(11,12)4(13,14)5(15,16)6(17,18)7(19,20)8(21,22)23;/h(H,24,25);1H2/q;+1/p-1. The first kappa shape index (κ1) is 26.6. The Hall–Kier alpha value is -1.62. The van der Waals surface area contributed by atoms with Crippen LogP contribution in [-0.4, -0.2) is 47.7 Å². The number of rotatable bonds is 6. The van der Waals surface area contributed by atoms with Gasteiger partial charge in [-0.2, -0.15) is 65.9 Å². The average Bonchev–Trinajstić information content (AvgIpc) is 2.35. The summed E-state index contributed by atoms with van der Waals surface area (Å²) in [5, 5.41) is 9.61. The van der Waals surface area contributed by atoms with Crippen molar-refractivity contribution in [1.29, 1.82) is 0 Å². The normalized spacial score (nSPS) is 15.5. The van der Waals surface area contributed by atoms with Gasteiger partial charge in [-0.3, -0.25) is 0 Å². The van der Waals surface area contributed by atoms with Gasteiger partial charge in [0.15, 0.2) is 0 Å². The van der Waals surface area contributed by atoms with E-state index in [0.29, 0.717) is 0 Å². The predicted molar refractivity (Wildman–Crippen MR) is 42.7 cm³/mol. The number of halogens is 15. The Balaban J connectivity index is 0. The molecule has 3 nitrogen and oxygen atoms in total. The lowest BCUT2D eigenvalue weighted by molar-refractivity contribution is -0.454. The van der Waals surface area contributed by atoms with Crippen molar-refractivity contribution < 1.29 is 81.9 Å².